The molecule has 2 fully saturated rings. The van der Waals surface area contributed by atoms with Crippen LogP contribution in [0.2, 0.25) is 0 Å². The summed E-state index contributed by atoms with van der Waals surface area (Å²) >= 11 is 3.28. The molecule has 1 aromatic rings. The van der Waals surface area contributed by atoms with E-state index in [1.54, 1.807) is 16.6 Å². The predicted octanol–water partition coefficient (Wildman–Crippen LogP) is 2.65. The molecule has 2 saturated carbocycles. The molecule has 0 saturated heterocycles. The summed E-state index contributed by atoms with van der Waals surface area (Å²) in [6.07, 6.45) is 7.68. The summed E-state index contributed by atoms with van der Waals surface area (Å²) in [5, 5.41) is 0. The third-order valence-corrected chi connectivity index (χ3v) is 5.87. The standard InChI is InChI=1S/C13H17BrN2O2S/c14-12-5-13(7-15-6-12)19(17,18)16(8-10-1-2-10)9-11-3-4-11/h5-7,10-11H,1-4,8-9H2. The third kappa shape index (κ3) is 3.35. The molecule has 0 bridgehead atoms. The van der Waals surface area contributed by atoms with Gasteiger partial charge in [0.05, 0.1) is 0 Å². The minimum Gasteiger partial charge on any atom is -0.262 e. The van der Waals surface area contributed by atoms with Crippen molar-refractivity contribution >= 4 is 26.0 Å². The smallest absolute Gasteiger partial charge is 0.244 e. The molecule has 0 N–H and O–H groups in total. The van der Waals surface area contributed by atoms with Crippen LogP contribution in [-0.2, 0) is 10.0 Å². The third-order valence-electron chi connectivity index (χ3n) is 3.64. The lowest BCUT2D eigenvalue weighted by Gasteiger charge is -2.22. The highest BCUT2D eigenvalue weighted by atomic mass is 79.9. The van der Waals surface area contributed by atoms with Crippen LogP contribution in [0.4, 0.5) is 0 Å². The highest BCUT2D eigenvalue weighted by Crippen LogP contribution is 2.36. The largest absolute Gasteiger partial charge is 0.262 e. The van der Waals surface area contributed by atoms with Gasteiger partial charge in [-0.3, -0.25) is 4.98 Å². The van der Waals surface area contributed by atoms with Crippen LogP contribution in [0, 0.1) is 11.8 Å². The second-order valence-electron chi connectivity index (χ2n) is 5.55. The first-order valence-electron chi connectivity index (χ1n) is 6.66. The highest BCUT2D eigenvalue weighted by Gasteiger charge is 2.35. The van der Waals surface area contributed by atoms with Crippen molar-refractivity contribution in [2.75, 3.05) is 13.1 Å². The van der Waals surface area contributed by atoms with Gasteiger partial charge in [-0.25, -0.2) is 8.42 Å². The highest BCUT2D eigenvalue weighted by molar-refractivity contribution is 9.10. The van der Waals surface area contributed by atoms with Crippen molar-refractivity contribution in [3.8, 4) is 0 Å². The number of sulfonamides is 1. The van der Waals surface area contributed by atoms with E-state index in [0.29, 0.717) is 34.3 Å². The normalized spacial score (nSPS) is 19.9. The van der Waals surface area contributed by atoms with Crippen molar-refractivity contribution in [1.29, 1.82) is 0 Å². The molecule has 2 aliphatic rings. The molecule has 0 amide bonds. The monoisotopic (exact) mass is 344 g/mol. The molecule has 104 valence electrons. The van der Waals surface area contributed by atoms with Crippen molar-refractivity contribution in [2.45, 2.75) is 30.6 Å². The Bertz CT molecular complexity index is 554. The Hall–Kier alpha value is -0.460. The lowest BCUT2D eigenvalue weighted by Crippen LogP contribution is -2.34. The molecule has 6 heteroatoms. The Morgan fingerprint density at radius 3 is 2.21 bits per heavy atom. The zero-order valence-corrected chi connectivity index (χ0v) is 13.0. The average molecular weight is 345 g/mol. The Kier molecular flexibility index (Phi) is 3.66. The summed E-state index contributed by atoms with van der Waals surface area (Å²) in [4.78, 5) is 4.26. The van der Waals surface area contributed by atoms with Crippen molar-refractivity contribution in [3.63, 3.8) is 0 Å². The number of hydrogen-bond donors (Lipinski definition) is 0. The van der Waals surface area contributed by atoms with Crippen molar-refractivity contribution in [1.82, 2.24) is 9.29 Å². The van der Waals surface area contributed by atoms with Gasteiger partial charge in [-0.2, -0.15) is 4.31 Å². The van der Waals surface area contributed by atoms with Crippen molar-refractivity contribution in [3.05, 3.63) is 22.9 Å². The van der Waals surface area contributed by atoms with Gasteiger partial charge in [0.15, 0.2) is 0 Å². The Morgan fingerprint density at radius 1 is 1.16 bits per heavy atom. The topological polar surface area (TPSA) is 50.3 Å². The minimum absolute atomic E-state index is 0.295. The number of hydrogen-bond acceptors (Lipinski definition) is 3. The second-order valence-corrected chi connectivity index (χ2v) is 8.40. The fraction of sp³-hybridized carbons (Fsp3) is 0.615. The number of aromatic nitrogens is 1. The first-order chi connectivity index (χ1) is 9.05. The lowest BCUT2D eigenvalue weighted by molar-refractivity contribution is 0.382. The van der Waals surface area contributed by atoms with E-state index in [2.05, 4.69) is 20.9 Å². The predicted molar refractivity (Wildman–Crippen MR) is 76.1 cm³/mol. The van der Waals surface area contributed by atoms with Gasteiger partial charge in [0.25, 0.3) is 0 Å². The summed E-state index contributed by atoms with van der Waals surface area (Å²) in [6.45, 7) is 1.34. The molecule has 19 heavy (non-hydrogen) atoms. The molecule has 0 unspecified atom stereocenters. The Labute approximate surface area is 122 Å². The maximum absolute atomic E-state index is 12.7. The van der Waals surface area contributed by atoms with E-state index in [9.17, 15) is 8.42 Å². The molecule has 1 heterocycles. The maximum atomic E-state index is 12.7. The molecule has 0 radical (unpaired) electrons. The zero-order chi connectivity index (χ0) is 13.5. The molecule has 2 aliphatic carbocycles. The van der Waals surface area contributed by atoms with Gasteiger partial charge < -0.3 is 0 Å². The Balaban J connectivity index is 1.85. The van der Waals surface area contributed by atoms with Crippen LogP contribution < -0.4 is 0 Å². The molecular weight excluding hydrogens is 328 g/mol. The van der Waals surface area contributed by atoms with Gasteiger partial charge in [-0.1, -0.05) is 0 Å². The van der Waals surface area contributed by atoms with Crippen molar-refractivity contribution < 1.29 is 8.42 Å². The number of nitrogens with zero attached hydrogens (tertiary/aromatic N) is 2. The maximum Gasteiger partial charge on any atom is 0.244 e. The molecule has 0 atom stereocenters. The quantitative estimate of drug-likeness (QED) is 0.797. The molecule has 1 aromatic heterocycles. The summed E-state index contributed by atoms with van der Waals surface area (Å²) in [5.74, 6) is 1.13. The van der Waals surface area contributed by atoms with Crippen LogP contribution in [0.3, 0.4) is 0 Å². The molecular formula is C13H17BrN2O2S. The Morgan fingerprint density at radius 2 is 1.74 bits per heavy atom. The van der Waals surface area contributed by atoms with Crippen LogP contribution in [0.15, 0.2) is 27.8 Å². The van der Waals surface area contributed by atoms with Crippen LogP contribution in [0.25, 0.3) is 0 Å². The van der Waals surface area contributed by atoms with Crippen LogP contribution in [0.1, 0.15) is 25.7 Å². The van der Waals surface area contributed by atoms with E-state index < -0.39 is 10.0 Å². The van der Waals surface area contributed by atoms with Gasteiger partial charge in [-0.15, -0.1) is 0 Å². The van der Waals surface area contributed by atoms with Gasteiger partial charge in [0.1, 0.15) is 4.90 Å². The lowest BCUT2D eigenvalue weighted by atomic mass is 10.4. The molecule has 3 rings (SSSR count). The zero-order valence-electron chi connectivity index (χ0n) is 10.6. The summed E-state index contributed by atoms with van der Waals surface area (Å²) < 4.78 is 27.7. The summed E-state index contributed by atoms with van der Waals surface area (Å²) in [6, 6.07) is 1.63. The molecule has 0 spiro atoms. The first-order valence-corrected chi connectivity index (χ1v) is 8.90. The van der Waals surface area contributed by atoms with Gasteiger partial charge in [0, 0.05) is 30.0 Å². The van der Waals surface area contributed by atoms with Gasteiger partial charge in [-0.05, 0) is 59.5 Å². The first kappa shape index (κ1) is 13.5. The summed E-state index contributed by atoms with van der Waals surface area (Å²) in [7, 11) is -3.39. The molecule has 0 aliphatic heterocycles. The van der Waals surface area contributed by atoms with Gasteiger partial charge in [0.2, 0.25) is 10.0 Å². The molecule has 0 aromatic carbocycles. The van der Waals surface area contributed by atoms with E-state index in [1.807, 2.05) is 0 Å². The average Bonchev–Trinajstić information content (AvgIpc) is 3.23. The van der Waals surface area contributed by atoms with Crippen LogP contribution in [0.5, 0.6) is 0 Å². The second kappa shape index (κ2) is 5.14. The van der Waals surface area contributed by atoms with Crippen LogP contribution in [-0.4, -0.2) is 30.8 Å². The van der Waals surface area contributed by atoms with E-state index >= 15 is 0 Å². The fourth-order valence-corrected chi connectivity index (χ4v) is 4.23. The van der Waals surface area contributed by atoms with E-state index in [0.717, 1.165) is 25.7 Å². The van der Waals surface area contributed by atoms with Crippen molar-refractivity contribution in [2.24, 2.45) is 11.8 Å². The van der Waals surface area contributed by atoms with E-state index in [4.69, 9.17) is 0 Å². The summed E-state index contributed by atoms with van der Waals surface area (Å²) in [5.41, 5.74) is 0. The fourth-order valence-electron chi connectivity index (χ4n) is 2.13. The molecule has 4 nitrogen and oxygen atoms in total. The number of pyridine rings is 1. The number of halogens is 1. The SMILES string of the molecule is O=S(=O)(c1cncc(Br)c1)N(CC1CC1)CC1CC1. The van der Waals surface area contributed by atoms with Crippen LogP contribution >= 0.6 is 15.9 Å². The number of rotatable bonds is 6. The van der Waals surface area contributed by atoms with E-state index in [-0.39, 0.29) is 0 Å². The minimum atomic E-state index is -3.39. The van der Waals surface area contributed by atoms with Gasteiger partial charge >= 0.3 is 0 Å². The van der Waals surface area contributed by atoms with E-state index in [1.165, 1.54) is 6.20 Å².